The van der Waals surface area contributed by atoms with Gasteiger partial charge in [-0.1, -0.05) is 0 Å². The number of hydrogen-bond acceptors (Lipinski definition) is 4. The van der Waals surface area contributed by atoms with E-state index < -0.39 is 14.2 Å². The van der Waals surface area contributed by atoms with Crippen molar-refractivity contribution in [2.75, 3.05) is 12.8 Å². The molecule has 0 aliphatic rings. The topological polar surface area (TPSA) is 92.8 Å². The number of nitrogen functional groups attached to an aromatic ring is 1. The monoisotopic (exact) mass is 247 g/mol. The van der Waals surface area contributed by atoms with Crippen molar-refractivity contribution in [3.63, 3.8) is 0 Å². The fraction of sp³-hybridized carbons (Fsp3) is 0.143. The second-order valence-corrected chi connectivity index (χ2v) is 6.48. The van der Waals surface area contributed by atoms with Crippen molar-refractivity contribution < 1.29 is 16.7 Å². The Morgan fingerprint density at radius 3 is 2.62 bits per heavy atom. The fourth-order valence-electron chi connectivity index (χ4n) is 0.823. The number of aromatic hydroxyl groups is 1. The van der Waals surface area contributed by atoms with E-state index in [-0.39, 0.29) is 15.8 Å². The zero-order valence-electron chi connectivity index (χ0n) is 6.97. The van der Waals surface area contributed by atoms with Crippen molar-refractivity contribution in [1.82, 2.24) is 0 Å². The van der Waals surface area contributed by atoms with Gasteiger partial charge in [-0.3, -0.25) is 0 Å². The van der Waals surface area contributed by atoms with Crippen LogP contribution >= 0.6 is 0 Å². The molecule has 13 heavy (non-hydrogen) atoms. The number of phenolic OH excluding ortho intramolecular Hbond substituents is 1. The van der Waals surface area contributed by atoms with E-state index in [0.717, 1.165) is 7.11 Å². The van der Waals surface area contributed by atoms with Crippen molar-refractivity contribution in [2.45, 2.75) is 0 Å². The summed E-state index contributed by atoms with van der Waals surface area (Å²) in [6, 6.07) is 3.81. The molecule has 1 atom stereocenters. The quantitative estimate of drug-likeness (QED) is 0.361. The van der Waals surface area contributed by atoms with Crippen LogP contribution < -0.4 is 10.1 Å². The minimum atomic E-state index is -4.39. The second-order valence-electron chi connectivity index (χ2n) is 2.45. The molecule has 1 rings (SSSR count). The first kappa shape index (κ1) is 10.2. The number of benzene rings is 1. The first-order valence-electron chi connectivity index (χ1n) is 3.45. The van der Waals surface area contributed by atoms with Crippen LogP contribution in [0.2, 0.25) is 0 Å². The van der Waals surface area contributed by atoms with Crippen LogP contribution in [0.3, 0.4) is 0 Å². The third-order valence-corrected chi connectivity index (χ3v) is 4.58. The average Bonchev–Trinajstić information content (AvgIpc) is 2.09. The van der Waals surface area contributed by atoms with Gasteiger partial charge in [0.25, 0.3) is 0 Å². The summed E-state index contributed by atoms with van der Waals surface area (Å²) in [4.78, 5) is 0. The molecule has 0 heterocycles. The molecule has 5 nitrogen and oxygen atoms in total. The van der Waals surface area contributed by atoms with Gasteiger partial charge in [0.1, 0.15) is 0 Å². The van der Waals surface area contributed by atoms with Crippen LogP contribution in [-0.2, 0) is 7.47 Å². The molecule has 0 aromatic heterocycles. The van der Waals surface area contributed by atoms with E-state index in [2.05, 4.69) is 3.73 Å². The van der Waals surface area contributed by atoms with E-state index >= 15 is 0 Å². The van der Waals surface area contributed by atoms with E-state index in [1.165, 1.54) is 18.2 Å². The molecular weight excluding hydrogens is 237 g/mol. The number of phenols is 1. The number of rotatable bonds is 2. The van der Waals surface area contributed by atoms with Crippen molar-refractivity contribution in [3.05, 3.63) is 18.2 Å². The fourth-order valence-corrected chi connectivity index (χ4v) is 2.45. The van der Waals surface area contributed by atoms with Crippen LogP contribution in [0.1, 0.15) is 0 Å². The summed E-state index contributed by atoms with van der Waals surface area (Å²) in [6.45, 7) is 0. The van der Waals surface area contributed by atoms with Crippen molar-refractivity contribution >= 4 is 24.2 Å². The Hall–Kier alpha value is -0.902. The number of anilines is 1. The van der Waals surface area contributed by atoms with Gasteiger partial charge >= 0.3 is 77.7 Å². The SMILES string of the molecule is CO[As](=O)(O)c1ccc(O)c(N)c1. The second kappa shape index (κ2) is 3.46. The van der Waals surface area contributed by atoms with Gasteiger partial charge in [-0.05, 0) is 0 Å². The van der Waals surface area contributed by atoms with Gasteiger partial charge in [0, 0.05) is 0 Å². The molecule has 0 fully saturated rings. The van der Waals surface area contributed by atoms with Gasteiger partial charge in [0.15, 0.2) is 0 Å². The van der Waals surface area contributed by atoms with E-state index in [1.807, 2.05) is 0 Å². The molecule has 0 radical (unpaired) electrons. The predicted octanol–water partition coefficient (Wildman–Crippen LogP) is -0.811. The molecule has 0 saturated heterocycles. The molecule has 0 aliphatic carbocycles. The van der Waals surface area contributed by atoms with Gasteiger partial charge in [-0.25, -0.2) is 0 Å². The van der Waals surface area contributed by atoms with Crippen LogP contribution in [-0.4, -0.2) is 30.5 Å². The Bertz CT molecular complexity index is 366. The molecule has 0 spiro atoms. The van der Waals surface area contributed by atoms with Gasteiger partial charge in [-0.2, -0.15) is 0 Å². The maximum atomic E-state index is 11.3. The van der Waals surface area contributed by atoms with E-state index in [0.29, 0.717) is 0 Å². The van der Waals surface area contributed by atoms with Crippen molar-refractivity contribution in [3.8, 4) is 5.75 Å². The maximum absolute atomic E-state index is 11.3. The van der Waals surface area contributed by atoms with Crippen LogP contribution in [0.4, 0.5) is 5.69 Å². The normalized spacial score (nSPS) is 15.2. The summed E-state index contributed by atoms with van der Waals surface area (Å²) >= 11 is -4.39. The van der Waals surface area contributed by atoms with Crippen LogP contribution in [0.25, 0.3) is 0 Å². The Morgan fingerprint density at radius 2 is 2.15 bits per heavy atom. The first-order chi connectivity index (χ1) is 5.97. The average molecular weight is 247 g/mol. The Morgan fingerprint density at radius 1 is 1.54 bits per heavy atom. The van der Waals surface area contributed by atoms with E-state index in [4.69, 9.17) is 10.8 Å². The third-order valence-electron chi connectivity index (χ3n) is 1.58. The van der Waals surface area contributed by atoms with Crippen molar-refractivity contribution in [1.29, 1.82) is 0 Å². The molecular formula is C7H10AsNO4. The molecule has 1 unspecified atom stereocenters. The molecule has 6 heteroatoms. The van der Waals surface area contributed by atoms with Gasteiger partial charge in [0.2, 0.25) is 0 Å². The zero-order valence-corrected chi connectivity index (χ0v) is 8.84. The van der Waals surface area contributed by atoms with Gasteiger partial charge < -0.3 is 0 Å². The minimum absolute atomic E-state index is 0.0604. The van der Waals surface area contributed by atoms with Gasteiger partial charge in [-0.15, -0.1) is 0 Å². The van der Waals surface area contributed by atoms with Crippen LogP contribution in [0.15, 0.2) is 18.2 Å². The Labute approximate surface area is 78.1 Å². The molecule has 1 aromatic carbocycles. The Balaban J connectivity index is 3.18. The third kappa shape index (κ3) is 2.06. The summed E-state index contributed by atoms with van der Waals surface area (Å²) in [5.41, 5.74) is 5.40. The number of nitrogens with two attached hydrogens (primary N) is 1. The molecule has 0 saturated carbocycles. The first-order valence-corrected chi connectivity index (χ1v) is 6.76. The molecule has 1 aromatic rings. The predicted molar refractivity (Wildman–Crippen MR) is 47.8 cm³/mol. The molecule has 0 aliphatic heterocycles. The molecule has 0 bridgehead atoms. The number of hydrogen-bond donors (Lipinski definition) is 3. The van der Waals surface area contributed by atoms with Crippen LogP contribution in [0, 0.1) is 0 Å². The van der Waals surface area contributed by atoms with Gasteiger partial charge in [0.05, 0.1) is 0 Å². The summed E-state index contributed by atoms with van der Waals surface area (Å²) < 4.78 is 25.1. The Kier molecular flexibility index (Phi) is 2.71. The van der Waals surface area contributed by atoms with E-state index in [1.54, 1.807) is 0 Å². The molecule has 72 valence electrons. The summed E-state index contributed by atoms with van der Waals surface area (Å²) in [5, 5.41) is 9.05. The standard InChI is InChI=1S/C7H10AsNO4/c1-13-8(11,12)5-2-3-7(10)6(9)4-5/h2-4,10H,9H2,1H3,(H,11,12). The zero-order chi connectivity index (χ0) is 10.1. The molecule has 4 N–H and O–H groups in total. The molecule has 0 amide bonds. The summed E-state index contributed by atoms with van der Waals surface area (Å²) in [7, 11) is 1.16. The van der Waals surface area contributed by atoms with Crippen LogP contribution in [0.5, 0.6) is 5.75 Å². The summed E-state index contributed by atoms with van der Waals surface area (Å²) in [6.07, 6.45) is 0. The van der Waals surface area contributed by atoms with E-state index in [9.17, 15) is 7.84 Å². The van der Waals surface area contributed by atoms with Crippen molar-refractivity contribution in [2.24, 2.45) is 0 Å². The summed E-state index contributed by atoms with van der Waals surface area (Å²) in [5.74, 6) is -0.115.